The molecular weight excluding hydrogens is 388 g/mol. The summed E-state index contributed by atoms with van der Waals surface area (Å²) in [5.74, 6) is 1.64. The van der Waals surface area contributed by atoms with Gasteiger partial charge in [0, 0.05) is 55.7 Å². The average Bonchev–Trinajstić information content (AvgIpc) is 2.78. The second-order valence-corrected chi connectivity index (χ2v) is 8.82. The van der Waals surface area contributed by atoms with Crippen LogP contribution in [0.2, 0.25) is 0 Å². The van der Waals surface area contributed by atoms with Crippen LogP contribution in [0.25, 0.3) is 0 Å². The van der Waals surface area contributed by atoms with Crippen LogP contribution in [0.4, 0.5) is 0 Å². The summed E-state index contributed by atoms with van der Waals surface area (Å²) in [7, 11) is 1.69. The van der Waals surface area contributed by atoms with Crippen molar-refractivity contribution in [1.29, 1.82) is 0 Å². The molecule has 0 aliphatic carbocycles. The molecule has 0 saturated carbocycles. The fourth-order valence-corrected chi connectivity index (χ4v) is 5.30. The van der Waals surface area contributed by atoms with Gasteiger partial charge in [-0.15, -0.1) is 0 Å². The number of ether oxygens (including phenoxy) is 1. The van der Waals surface area contributed by atoms with Gasteiger partial charge >= 0.3 is 0 Å². The largest absolute Gasteiger partial charge is 0.497 e. The summed E-state index contributed by atoms with van der Waals surface area (Å²) < 4.78 is 7.49. The Hall–Kier alpha value is -2.99. The minimum absolute atomic E-state index is 0.109. The molecule has 160 valence electrons. The minimum Gasteiger partial charge on any atom is -0.497 e. The van der Waals surface area contributed by atoms with E-state index in [9.17, 15) is 4.79 Å². The van der Waals surface area contributed by atoms with E-state index in [0.29, 0.717) is 11.8 Å². The number of aryl methyl sites for hydroxylation is 1. The summed E-state index contributed by atoms with van der Waals surface area (Å²) in [5, 5.41) is 0. The van der Waals surface area contributed by atoms with Gasteiger partial charge in [0.1, 0.15) is 5.75 Å². The number of hydrogen-bond acceptors (Lipinski definition) is 5. The summed E-state index contributed by atoms with van der Waals surface area (Å²) in [5.41, 5.74) is 4.41. The maximum absolute atomic E-state index is 12.9. The highest BCUT2D eigenvalue weighted by molar-refractivity contribution is 5.30. The Bertz CT molecular complexity index is 1120. The predicted molar refractivity (Wildman–Crippen MR) is 119 cm³/mol. The van der Waals surface area contributed by atoms with Gasteiger partial charge in [-0.2, -0.15) is 0 Å². The molecule has 1 fully saturated rings. The molecule has 2 aromatic heterocycles. The van der Waals surface area contributed by atoms with Crippen molar-refractivity contribution in [2.75, 3.05) is 20.2 Å². The number of aromatic nitrogens is 3. The molecule has 3 atom stereocenters. The van der Waals surface area contributed by atoms with Crippen LogP contribution in [0.5, 0.6) is 5.75 Å². The average molecular weight is 417 g/mol. The molecule has 3 aromatic rings. The summed E-state index contributed by atoms with van der Waals surface area (Å²) in [6.07, 6.45) is 5.66. The Morgan fingerprint density at radius 2 is 1.97 bits per heavy atom. The minimum atomic E-state index is 0.109. The van der Waals surface area contributed by atoms with Crippen LogP contribution >= 0.6 is 0 Å². The van der Waals surface area contributed by atoms with E-state index in [4.69, 9.17) is 4.74 Å². The highest BCUT2D eigenvalue weighted by Crippen LogP contribution is 2.42. The van der Waals surface area contributed by atoms with Crippen molar-refractivity contribution in [3.05, 3.63) is 87.9 Å². The molecular formula is C25H28N4O2. The van der Waals surface area contributed by atoms with Crippen molar-refractivity contribution in [1.82, 2.24) is 19.4 Å². The van der Waals surface area contributed by atoms with Crippen molar-refractivity contribution in [2.45, 2.75) is 38.3 Å². The summed E-state index contributed by atoms with van der Waals surface area (Å²) in [4.78, 5) is 24.4. The van der Waals surface area contributed by atoms with E-state index < -0.39 is 0 Å². The number of benzene rings is 1. The first kappa shape index (κ1) is 19.9. The molecule has 6 heteroatoms. The molecule has 0 spiro atoms. The van der Waals surface area contributed by atoms with Gasteiger partial charge in [0.05, 0.1) is 18.5 Å². The first-order chi connectivity index (χ1) is 15.1. The van der Waals surface area contributed by atoms with E-state index in [2.05, 4.69) is 37.6 Å². The second-order valence-electron chi connectivity index (χ2n) is 8.82. The number of hydrogen-bond donors (Lipinski definition) is 0. The summed E-state index contributed by atoms with van der Waals surface area (Å²) in [6, 6.07) is 14.1. The van der Waals surface area contributed by atoms with Crippen LogP contribution in [0.1, 0.15) is 41.0 Å². The van der Waals surface area contributed by atoms with Gasteiger partial charge in [0.25, 0.3) is 5.56 Å². The topological polar surface area (TPSA) is 60.2 Å². The molecule has 4 heterocycles. The Morgan fingerprint density at radius 3 is 2.77 bits per heavy atom. The van der Waals surface area contributed by atoms with Gasteiger partial charge in [-0.3, -0.25) is 19.7 Å². The number of fused-ring (bicyclic) bond motifs is 4. The lowest BCUT2D eigenvalue weighted by molar-refractivity contribution is 0.0843. The fraction of sp³-hybridized carbons (Fsp3) is 0.400. The van der Waals surface area contributed by atoms with E-state index in [1.54, 1.807) is 13.2 Å². The van der Waals surface area contributed by atoms with Crippen LogP contribution in [0.15, 0.2) is 59.7 Å². The molecule has 6 nitrogen and oxygen atoms in total. The first-order valence-corrected chi connectivity index (χ1v) is 10.9. The smallest absolute Gasteiger partial charge is 0.251 e. The number of likely N-dealkylation sites (tertiary alicyclic amines) is 1. The zero-order chi connectivity index (χ0) is 21.4. The third-order valence-corrected chi connectivity index (χ3v) is 6.67. The van der Waals surface area contributed by atoms with E-state index in [1.165, 1.54) is 5.56 Å². The molecule has 31 heavy (non-hydrogen) atoms. The van der Waals surface area contributed by atoms with E-state index in [-0.39, 0.29) is 11.6 Å². The molecule has 0 N–H and O–H groups in total. The molecule has 2 bridgehead atoms. The van der Waals surface area contributed by atoms with Gasteiger partial charge in [0.15, 0.2) is 0 Å². The second kappa shape index (κ2) is 8.27. The van der Waals surface area contributed by atoms with Crippen LogP contribution in [-0.2, 0) is 13.0 Å². The summed E-state index contributed by atoms with van der Waals surface area (Å²) in [6.45, 7) is 4.66. The Kier molecular flexibility index (Phi) is 5.32. The molecule has 0 unspecified atom stereocenters. The third kappa shape index (κ3) is 4.00. The van der Waals surface area contributed by atoms with Gasteiger partial charge in [-0.1, -0.05) is 18.2 Å². The lowest BCUT2D eigenvalue weighted by Gasteiger charge is -2.47. The van der Waals surface area contributed by atoms with Gasteiger partial charge < -0.3 is 9.30 Å². The lowest BCUT2D eigenvalue weighted by Crippen LogP contribution is -2.49. The Balaban J connectivity index is 1.46. The highest BCUT2D eigenvalue weighted by atomic mass is 16.5. The van der Waals surface area contributed by atoms with Crippen molar-refractivity contribution >= 4 is 0 Å². The number of rotatable bonds is 5. The Labute approximate surface area is 182 Å². The maximum atomic E-state index is 12.9. The van der Waals surface area contributed by atoms with Gasteiger partial charge in [-0.05, 0) is 49.4 Å². The molecule has 0 radical (unpaired) electrons. The molecule has 2 aliphatic rings. The van der Waals surface area contributed by atoms with Crippen LogP contribution in [-0.4, -0.2) is 39.6 Å². The van der Waals surface area contributed by atoms with E-state index in [0.717, 1.165) is 55.3 Å². The molecule has 1 saturated heterocycles. The van der Waals surface area contributed by atoms with Crippen molar-refractivity contribution < 1.29 is 4.74 Å². The first-order valence-electron chi connectivity index (χ1n) is 10.9. The van der Waals surface area contributed by atoms with Crippen LogP contribution < -0.4 is 10.3 Å². The molecule has 5 rings (SSSR count). The zero-order valence-electron chi connectivity index (χ0n) is 18.1. The predicted octanol–water partition coefficient (Wildman–Crippen LogP) is 3.36. The maximum Gasteiger partial charge on any atom is 0.251 e. The van der Waals surface area contributed by atoms with Crippen LogP contribution in [0.3, 0.4) is 0 Å². The van der Waals surface area contributed by atoms with Gasteiger partial charge in [0.2, 0.25) is 0 Å². The van der Waals surface area contributed by atoms with E-state index >= 15 is 0 Å². The van der Waals surface area contributed by atoms with Gasteiger partial charge in [-0.25, -0.2) is 0 Å². The number of piperidine rings is 1. The monoisotopic (exact) mass is 416 g/mol. The van der Waals surface area contributed by atoms with Crippen molar-refractivity contribution in [3.63, 3.8) is 0 Å². The lowest BCUT2D eigenvalue weighted by atomic mass is 9.76. The standard InChI is InChI=1S/C25H28N4O2/c1-17-12-27-21(13-26-17)16-28-14-19-11-20(15-28)24(29-23(19)7-4-8-25(29)30)10-18-5-3-6-22(9-18)31-2/h3-9,12-13,19-20,24H,10-11,14-16H2,1-2H3/t19-,20+,24+/m1/s1. The zero-order valence-corrected chi connectivity index (χ0v) is 18.1. The summed E-state index contributed by atoms with van der Waals surface area (Å²) >= 11 is 0. The Morgan fingerprint density at radius 1 is 1.10 bits per heavy atom. The molecule has 2 aliphatic heterocycles. The number of nitrogens with zero attached hydrogens (tertiary/aromatic N) is 4. The normalized spacial score (nSPS) is 22.7. The quantitative estimate of drug-likeness (QED) is 0.638. The molecule has 1 aromatic carbocycles. The third-order valence-electron chi connectivity index (χ3n) is 6.67. The van der Waals surface area contributed by atoms with Crippen molar-refractivity contribution in [3.8, 4) is 5.75 Å². The number of methoxy groups -OCH3 is 1. The highest BCUT2D eigenvalue weighted by Gasteiger charge is 2.40. The number of pyridine rings is 1. The fourth-order valence-electron chi connectivity index (χ4n) is 5.30. The molecule has 0 amide bonds. The van der Waals surface area contributed by atoms with Crippen LogP contribution in [0, 0.1) is 12.8 Å². The SMILES string of the molecule is COc1cccc(C[C@H]2[C@H]3C[C@H](CN(Cc4cnc(C)cn4)C3)c3cccc(=O)n32)c1. The van der Waals surface area contributed by atoms with E-state index in [1.807, 2.05) is 37.5 Å². The van der Waals surface area contributed by atoms with Crippen molar-refractivity contribution in [2.24, 2.45) is 5.92 Å².